The lowest BCUT2D eigenvalue weighted by Gasteiger charge is -2.07. The predicted octanol–water partition coefficient (Wildman–Crippen LogP) is 4.96. The Labute approximate surface area is 123 Å². The minimum Gasteiger partial charge on any atom is -0.379 e. The van der Waals surface area contributed by atoms with E-state index in [9.17, 15) is 0 Å². The Balaban J connectivity index is 2.15. The summed E-state index contributed by atoms with van der Waals surface area (Å²) in [5.74, 6) is 0. The molecule has 1 aromatic heterocycles. The normalized spacial score (nSPS) is 10.1. The summed E-state index contributed by atoms with van der Waals surface area (Å²) >= 11 is 11.1. The molecule has 2 aromatic rings. The predicted molar refractivity (Wildman–Crippen MR) is 80.2 cm³/mol. The number of nitriles is 1. The number of nitrogens with one attached hydrogen (secondary N) is 1. The Morgan fingerprint density at radius 2 is 2.22 bits per heavy atom. The van der Waals surface area contributed by atoms with E-state index in [4.69, 9.17) is 16.9 Å². The zero-order valence-electron chi connectivity index (χ0n) is 9.63. The van der Waals surface area contributed by atoms with Gasteiger partial charge in [0.05, 0.1) is 11.3 Å². The smallest absolute Gasteiger partial charge is 0.101 e. The Bertz CT molecular complexity index is 596. The van der Waals surface area contributed by atoms with Crippen LogP contribution in [0.2, 0.25) is 5.02 Å². The lowest BCUT2D eigenvalue weighted by molar-refractivity contribution is 1.19. The van der Waals surface area contributed by atoms with Crippen molar-refractivity contribution >= 4 is 44.6 Å². The topological polar surface area (TPSA) is 35.8 Å². The van der Waals surface area contributed by atoms with E-state index in [0.29, 0.717) is 17.1 Å². The largest absolute Gasteiger partial charge is 0.379 e. The van der Waals surface area contributed by atoms with Crippen molar-refractivity contribution in [3.05, 3.63) is 49.1 Å². The van der Waals surface area contributed by atoms with E-state index in [-0.39, 0.29) is 0 Å². The van der Waals surface area contributed by atoms with Crippen molar-refractivity contribution < 1.29 is 0 Å². The van der Waals surface area contributed by atoms with Gasteiger partial charge < -0.3 is 5.32 Å². The van der Waals surface area contributed by atoms with Crippen LogP contribution in [0.1, 0.15) is 15.3 Å². The van der Waals surface area contributed by atoms with Gasteiger partial charge in [0.2, 0.25) is 0 Å². The first-order valence-corrected chi connectivity index (χ1v) is 7.27. The maximum Gasteiger partial charge on any atom is 0.101 e. The van der Waals surface area contributed by atoms with Crippen molar-refractivity contribution in [1.29, 1.82) is 5.26 Å². The highest BCUT2D eigenvalue weighted by Crippen LogP contribution is 2.27. The molecule has 5 heteroatoms. The molecule has 0 aliphatic rings. The SMILES string of the molecule is Cc1sc(CNc2cc(Cl)ccc2C#N)cc1Br. The van der Waals surface area contributed by atoms with Gasteiger partial charge in [-0.3, -0.25) is 0 Å². The number of rotatable bonds is 3. The Morgan fingerprint density at radius 3 is 2.83 bits per heavy atom. The molecule has 0 amide bonds. The van der Waals surface area contributed by atoms with E-state index < -0.39 is 0 Å². The summed E-state index contributed by atoms with van der Waals surface area (Å²) in [6.07, 6.45) is 0. The number of hydrogen-bond donors (Lipinski definition) is 1. The van der Waals surface area contributed by atoms with Crippen LogP contribution in [-0.2, 0) is 6.54 Å². The fourth-order valence-electron chi connectivity index (χ4n) is 1.55. The monoisotopic (exact) mass is 340 g/mol. The summed E-state index contributed by atoms with van der Waals surface area (Å²) in [5.41, 5.74) is 1.37. The molecule has 0 saturated heterocycles. The van der Waals surface area contributed by atoms with Gasteiger partial charge in [0.1, 0.15) is 6.07 Å². The number of thiophene rings is 1. The van der Waals surface area contributed by atoms with Crippen LogP contribution in [0.15, 0.2) is 28.7 Å². The molecule has 0 fully saturated rings. The van der Waals surface area contributed by atoms with E-state index in [1.165, 1.54) is 9.75 Å². The maximum atomic E-state index is 9.02. The van der Waals surface area contributed by atoms with Gasteiger partial charge in [-0.05, 0) is 47.1 Å². The van der Waals surface area contributed by atoms with Gasteiger partial charge in [0.15, 0.2) is 0 Å². The van der Waals surface area contributed by atoms with Crippen molar-refractivity contribution in [1.82, 2.24) is 0 Å². The van der Waals surface area contributed by atoms with Crippen molar-refractivity contribution in [2.24, 2.45) is 0 Å². The molecule has 92 valence electrons. The summed E-state index contributed by atoms with van der Waals surface area (Å²) in [5, 5.41) is 12.9. The fraction of sp³-hybridized carbons (Fsp3) is 0.154. The number of hydrogen-bond acceptors (Lipinski definition) is 3. The summed E-state index contributed by atoms with van der Waals surface area (Å²) in [4.78, 5) is 2.46. The third-order valence-electron chi connectivity index (χ3n) is 2.46. The van der Waals surface area contributed by atoms with Crippen LogP contribution in [0.4, 0.5) is 5.69 Å². The lowest BCUT2D eigenvalue weighted by Crippen LogP contribution is -1.99. The first kappa shape index (κ1) is 13.4. The molecule has 0 radical (unpaired) electrons. The highest BCUT2D eigenvalue weighted by molar-refractivity contribution is 9.10. The van der Waals surface area contributed by atoms with Crippen molar-refractivity contribution in [3.63, 3.8) is 0 Å². The summed E-state index contributed by atoms with van der Waals surface area (Å²) in [6, 6.07) is 9.45. The Hall–Kier alpha value is -1.02. The summed E-state index contributed by atoms with van der Waals surface area (Å²) < 4.78 is 1.12. The second-order valence-corrected chi connectivity index (χ2v) is 6.40. The van der Waals surface area contributed by atoms with E-state index in [1.54, 1.807) is 29.5 Å². The molecule has 0 spiro atoms. The van der Waals surface area contributed by atoms with E-state index in [2.05, 4.69) is 40.3 Å². The number of aryl methyl sites for hydroxylation is 1. The van der Waals surface area contributed by atoms with E-state index in [0.717, 1.165) is 10.2 Å². The van der Waals surface area contributed by atoms with Gasteiger partial charge in [-0.25, -0.2) is 0 Å². The second kappa shape index (κ2) is 5.75. The first-order valence-electron chi connectivity index (χ1n) is 5.28. The van der Waals surface area contributed by atoms with Crippen molar-refractivity contribution in [3.8, 4) is 6.07 Å². The average Bonchev–Trinajstić information content (AvgIpc) is 2.66. The van der Waals surface area contributed by atoms with Gasteiger partial charge in [-0.15, -0.1) is 11.3 Å². The minimum absolute atomic E-state index is 0.603. The molecule has 0 atom stereocenters. The van der Waals surface area contributed by atoms with Gasteiger partial charge in [0, 0.05) is 25.8 Å². The zero-order chi connectivity index (χ0) is 13.1. The molecular weight excluding hydrogens is 332 g/mol. The quantitative estimate of drug-likeness (QED) is 0.856. The number of halogens is 2. The first-order chi connectivity index (χ1) is 8.60. The molecular formula is C13H10BrClN2S. The van der Waals surface area contributed by atoms with Gasteiger partial charge in [-0.2, -0.15) is 5.26 Å². The molecule has 2 nitrogen and oxygen atoms in total. The molecule has 1 N–H and O–H groups in total. The number of benzene rings is 1. The van der Waals surface area contributed by atoms with Crippen LogP contribution in [-0.4, -0.2) is 0 Å². The standard InChI is InChI=1S/C13H10BrClN2S/c1-8-12(14)5-11(18-8)7-17-13-4-10(15)3-2-9(13)6-16/h2-5,17H,7H2,1H3. The molecule has 2 rings (SSSR count). The zero-order valence-corrected chi connectivity index (χ0v) is 12.8. The van der Waals surface area contributed by atoms with Crippen LogP contribution in [0, 0.1) is 18.3 Å². The van der Waals surface area contributed by atoms with Gasteiger partial charge >= 0.3 is 0 Å². The second-order valence-electron chi connectivity index (χ2n) is 3.77. The third-order valence-corrected chi connectivity index (χ3v) is 4.84. The van der Waals surface area contributed by atoms with Crippen LogP contribution in [0.25, 0.3) is 0 Å². The number of nitrogens with zero attached hydrogens (tertiary/aromatic N) is 1. The molecule has 1 aromatic carbocycles. The summed E-state index contributed by atoms with van der Waals surface area (Å²) in [7, 11) is 0. The number of anilines is 1. The minimum atomic E-state index is 0.603. The highest BCUT2D eigenvalue weighted by atomic mass is 79.9. The molecule has 0 unspecified atom stereocenters. The average molecular weight is 342 g/mol. The molecule has 0 bridgehead atoms. The fourth-order valence-corrected chi connectivity index (χ4v) is 3.26. The molecule has 0 aliphatic heterocycles. The van der Waals surface area contributed by atoms with Gasteiger partial charge in [0.25, 0.3) is 0 Å². The van der Waals surface area contributed by atoms with Gasteiger partial charge in [-0.1, -0.05) is 11.6 Å². The van der Waals surface area contributed by atoms with E-state index in [1.807, 2.05) is 0 Å². The lowest BCUT2D eigenvalue weighted by atomic mass is 10.2. The van der Waals surface area contributed by atoms with Crippen molar-refractivity contribution in [2.75, 3.05) is 5.32 Å². The highest BCUT2D eigenvalue weighted by Gasteiger charge is 2.05. The van der Waals surface area contributed by atoms with E-state index >= 15 is 0 Å². The van der Waals surface area contributed by atoms with Crippen LogP contribution in [0.3, 0.4) is 0 Å². The molecule has 1 heterocycles. The molecule has 18 heavy (non-hydrogen) atoms. The third kappa shape index (κ3) is 3.05. The Morgan fingerprint density at radius 1 is 1.44 bits per heavy atom. The summed E-state index contributed by atoms with van der Waals surface area (Å²) in [6.45, 7) is 2.75. The van der Waals surface area contributed by atoms with Crippen molar-refractivity contribution in [2.45, 2.75) is 13.5 Å². The van der Waals surface area contributed by atoms with Crippen LogP contribution < -0.4 is 5.32 Å². The van der Waals surface area contributed by atoms with Crippen LogP contribution in [0.5, 0.6) is 0 Å². The van der Waals surface area contributed by atoms with Crippen LogP contribution >= 0.6 is 38.9 Å². The maximum absolute atomic E-state index is 9.02. The molecule has 0 aliphatic carbocycles. The molecule has 0 saturated carbocycles. The Kier molecular flexibility index (Phi) is 4.28.